The SMILES string of the molecule is CC(C)C[C@H](NC(=O)[C@H](CSC(c1ccccc1)(c1ccccc1)c1ccccc1)NC(=O)CNC(=O)OCC1c2ccccc2-c2ccccc21)C(=O)O. The highest BCUT2D eigenvalue weighted by atomic mass is 32.2. The molecule has 1 aliphatic carbocycles. The van der Waals surface area contributed by atoms with Gasteiger partial charge in [0.2, 0.25) is 11.8 Å². The van der Waals surface area contributed by atoms with Crippen molar-refractivity contribution in [2.24, 2.45) is 5.92 Å². The van der Waals surface area contributed by atoms with E-state index in [2.05, 4.69) is 28.1 Å². The van der Waals surface area contributed by atoms with E-state index >= 15 is 0 Å². The lowest BCUT2D eigenvalue weighted by molar-refractivity contribution is -0.142. The molecule has 4 N–H and O–H groups in total. The Hall–Kier alpha value is -5.87. The van der Waals surface area contributed by atoms with Crippen molar-refractivity contribution in [1.82, 2.24) is 16.0 Å². The molecule has 0 radical (unpaired) electrons. The van der Waals surface area contributed by atoms with E-state index < -0.39 is 47.3 Å². The van der Waals surface area contributed by atoms with E-state index in [9.17, 15) is 24.3 Å². The molecule has 0 spiro atoms. The van der Waals surface area contributed by atoms with Gasteiger partial charge in [0, 0.05) is 11.7 Å². The molecule has 0 heterocycles. The van der Waals surface area contributed by atoms with Crippen molar-refractivity contribution in [1.29, 1.82) is 0 Å². The molecule has 5 aromatic carbocycles. The summed E-state index contributed by atoms with van der Waals surface area (Å²) in [5.74, 6) is -2.53. The van der Waals surface area contributed by atoms with Crippen molar-refractivity contribution in [3.63, 3.8) is 0 Å². The predicted molar refractivity (Wildman–Crippen MR) is 216 cm³/mol. The van der Waals surface area contributed by atoms with Crippen LogP contribution in [0.3, 0.4) is 0 Å². The molecule has 0 saturated heterocycles. The molecule has 5 aromatic rings. The van der Waals surface area contributed by atoms with Crippen LogP contribution in [0.5, 0.6) is 0 Å². The second-order valence-electron chi connectivity index (χ2n) is 13.9. The molecule has 10 heteroatoms. The summed E-state index contributed by atoms with van der Waals surface area (Å²) in [5.41, 5.74) is 7.21. The second kappa shape index (κ2) is 18.0. The molecular weight excluding hydrogens is 711 g/mol. The Labute approximate surface area is 325 Å². The zero-order chi connectivity index (χ0) is 38.8. The zero-order valence-electron chi connectivity index (χ0n) is 30.8. The number of hydrogen-bond acceptors (Lipinski definition) is 6. The lowest BCUT2D eigenvalue weighted by atomic mass is 9.84. The first-order chi connectivity index (χ1) is 26.7. The van der Waals surface area contributed by atoms with Gasteiger partial charge in [0.25, 0.3) is 0 Å². The average molecular weight is 756 g/mol. The molecule has 0 unspecified atom stereocenters. The Kier molecular flexibility index (Phi) is 12.7. The number of thioether (sulfide) groups is 1. The third kappa shape index (κ3) is 9.09. The maximum Gasteiger partial charge on any atom is 0.407 e. The summed E-state index contributed by atoms with van der Waals surface area (Å²) in [7, 11) is 0. The van der Waals surface area contributed by atoms with Crippen LogP contribution in [0.15, 0.2) is 140 Å². The van der Waals surface area contributed by atoms with Crippen molar-refractivity contribution in [2.45, 2.75) is 43.0 Å². The van der Waals surface area contributed by atoms with Crippen molar-refractivity contribution in [3.8, 4) is 11.1 Å². The molecule has 55 heavy (non-hydrogen) atoms. The van der Waals surface area contributed by atoms with Crippen LogP contribution in [0.1, 0.15) is 54.0 Å². The molecule has 1 aliphatic rings. The maximum absolute atomic E-state index is 14.0. The number of rotatable bonds is 16. The normalized spacial score (nSPS) is 13.2. The maximum atomic E-state index is 14.0. The van der Waals surface area contributed by atoms with E-state index in [-0.39, 0.29) is 30.6 Å². The first kappa shape index (κ1) is 38.8. The first-order valence-electron chi connectivity index (χ1n) is 18.4. The van der Waals surface area contributed by atoms with Crippen molar-refractivity contribution in [2.75, 3.05) is 18.9 Å². The molecule has 0 aromatic heterocycles. The van der Waals surface area contributed by atoms with Crippen LogP contribution in [0.2, 0.25) is 0 Å². The molecule has 9 nitrogen and oxygen atoms in total. The summed E-state index contributed by atoms with van der Waals surface area (Å²) >= 11 is 1.46. The number of carboxylic acids is 1. The smallest absolute Gasteiger partial charge is 0.407 e. The van der Waals surface area contributed by atoms with Crippen LogP contribution in [-0.2, 0) is 23.9 Å². The first-order valence-corrected chi connectivity index (χ1v) is 19.4. The number of carboxylic acid groups (broad SMARTS) is 1. The lowest BCUT2D eigenvalue weighted by Crippen LogP contribution is -2.54. The van der Waals surface area contributed by atoms with Gasteiger partial charge in [0.05, 0.1) is 4.75 Å². The van der Waals surface area contributed by atoms with E-state index in [4.69, 9.17) is 4.74 Å². The van der Waals surface area contributed by atoms with Gasteiger partial charge in [-0.1, -0.05) is 153 Å². The number of amides is 3. The fraction of sp³-hybridized carbons (Fsp3) is 0.244. The quantitative estimate of drug-likeness (QED) is 0.0775. The topological polar surface area (TPSA) is 134 Å². The number of fused-ring (bicyclic) bond motifs is 3. The van der Waals surface area contributed by atoms with Crippen LogP contribution >= 0.6 is 11.8 Å². The third-order valence-corrected chi connectivity index (χ3v) is 11.4. The van der Waals surface area contributed by atoms with Gasteiger partial charge in [-0.2, -0.15) is 0 Å². The third-order valence-electron chi connectivity index (χ3n) is 9.72. The Bertz CT molecular complexity index is 1950. The van der Waals surface area contributed by atoms with E-state index in [0.29, 0.717) is 0 Å². The number of carbonyl (C=O) groups is 4. The van der Waals surface area contributed by atoms with Gasteiger partial charge >= 0.3 is 12.1 Å². The minimum atomic E-state index is -1.16. The summed E-state index contributed by atoms with van der Waals surface area (Å²) in [5, 5.41) is 17.9. The Morgan fingerprint density at radius 3 is 1.62 bits per heavy atom. The van der Waals surface area contributed by atoms with Gasteiger partial charge in [-0.15, -0.1) is 11.8 Å². The highest BCUT2D eigenvalue weighted by Crippen LogP contribution is 2.49. The van der Waals surface area contributed by atoms with Crippen LogP contribution < -0.4 is 16.0 Å². The van der Waals surface area contributed by atoms with Crippen molar-refractivity contribution < 1.29 is 29.0 Å². The van der Waals surface area contributed by atoms with E-state index in [1.54, 1.807) is 0 Å². The van der Waals surface area contributed by atoms with Gasteiger partial charge in [0.1, 0.15) is 25.2 Å². The molecule has 0 saturated carbocycles. The number of aliphatic carboxylic acids is 1. The summed E-state index contributed by atoms with van der Waals surface area (Å²) in [6.45, 7) is 3.37. The van der Waals surface area contributed by atoms with E-state index in [0.717, 1.165) is 38.9 Å². The van der Waals surface area contributed by atoms with Crippen LogP contribution in [0.4, 0.5) is 4.79 Å². The molecule has 0 fully saturated rings. The Balaban J connectivity index is 1.20. The molecular formula is C45H45N3O6S. The molecule has 6 rings (SSSR count). The Morgan fingerprint density at radius 1 is 0.673 bits per heavy atom. The van der Waals surface area contributed by atoms with E-state index in [1.807, 2.05) is 141 Å². The molecule has 0 aliphatic heterocycles. The van der Waals surface area contributed by atoms with Crippen LogP contribution in [-0.4, -0.2) is 60.0 Å². The standard InChI is InChI=1S/C45H45N3O6S/c1-30(2)26-39(43(51)52)48-42(50)40(29-55-45(31-16-6-3-7-17-31,32-18-8-4-9-19-32)33-20-10-5-11-21-33)47-41(49)27-46-44(53)54-28-38-36-24-14-12-22-34(36)35-23-13-15-25-37(35)38/h3-25,30,38-40H,26-29H2,1-2H3,(H,46,53)(H,47,49)(H,48,50)(H,51,52)/t39-,40-/m0/s1. The molecule has 282 valence electrons. The summed E-state index contributed by atoms with van der Waals surface area (Å²) in [4.78, 5) is 52.6. The Morgan fingerprint density at radius 2 is 1.15 bits per heavy atom. The molecule has 0 bridgehead atoms. The van der Waals surface area contributed by atoms with Gasteiger partial charge < -0.3 is 25.8 Å². The van der Waals surface area contributed by atoms with Gasteiger partial charge in [-0.25, -0.2) is 9.59 Å². The largest absolute Gasteiger partial charge is 0.480 e. The fourth-order valence-electron chi connectivity index (χ4n) is 7.17. The number of carbonyl (C=O) groups excluding carboxylic acids is 3. The van der Waals surface area contributed by atoms with Crippen LogP contribution in [0, 0.1) is 5.92 Å². The van der Waals surface area contributed by atoms with Gasteiger partial charge in [0.15, 0.2) is 0 Å². The highest BCUT2D eigenvalue weighted by Gasteiger charge is 2.39. The minimum Gasteiger partial charge on any atom is -0.480 e. The predicted octanol–water partition coefficient (Wildman–Crippen LogP) is 7.35. The van der Waals surface area contributed by atoms with Gasteiger partial charge in [-0.05, 0) is 51.3 Å². The van der Waals surface area contributed by atoms with Crippen molar-refractivity contribution in [3.05, 3.63) is 167 Å². The average Bonchev–Trinajstić information content (AvgIpc) is 3.53. The summed E-state index contributed by atoms with van der Waals surface area (Å²) < 4.78 is 4.81. The molecule has 3 amide bonds. The zero-order valence-corrected chi connectivity index (χ0v) is 31.6. The number of alkyl carbamates (subject to hydrolysis) is 1. The number of benzene rings is 5. The minimum absolute atomic E-state index is 0.00730. The number of nitrogens with one attached hydrogen (secondary N) is 3. The monoisotopic (exact) mass is 755 g/mol. The highest BCUT2D eigenvalue weighted by molar-refractivity contribution is 8.00. The summed E-state index contributed by atoms with van der Waals surface area (Å²) in [6.07, 6.45) is -0.563. The molecule has 2 atom stereocenters. The van der Waals surface area contributed by atoms with Crippen molar-refractivity contribution >= 4 is 35.6 Å². The number of ether oxygens (including phenoxy) is 1. The summed E-state index contributed by atoms with van der Waals surface area (Å²) in [6, 6.07) is 43.5. The van der Waals surface area contributed by atoms with E-state index in [1.165, 1.54) is 11.8 Å². The lowest BCUT2D eigenvalue weighted by Gasteiger charge is -2.36. The second-order valence-corrected chi connectivity index (χ2v) is 15.2. The number of hydrogen-bond donors (Lipinski definition) is 4. The van der Waals surface area contributed by atoms with Crippen LogP contribution in [0.25, 0.3) is 11.1 Å². The van der Waals surface area contributed by atoms with Gasteiger partial charge in [-0.3, -0.25) is 9.59 Å². The fourth-order valence-corrected chi connectivity index (χ4v) is 8.73.